The first-order chi connectivity index (χ1) is 8.43. The fourth-order valence-corrected chi connectivity index (χ4v) is 2.09. The van der Waals surface area contributed by atoms with Crippen LogP contribution in [0.5, 0.6) is 0 Å². The summed E-state index contributed by atoms with van der Waals surface area (Å²) in [4.78, 5) is 15.4. The van der Waals surface area contributed by atoms with Crippen LogP contribution in [0.2, 0.25) is 0 Å². The molecule has 1 aliphatic heterocycles. The van der Waals surface area contributed by atoms with Gasteiger partial charge in [-0.2, -0.15) is 0 Å². The maximum Gasteiger partial charge on any atom is 0.180 e. The van der Waals surface area contributed by atoms with E-state index in [0.717, 1.165) is 24.6 Å². The lowest BCUT2D eigenvalue weighted by Crippen LogP contribution is -2.19. The summed E-state index contributed by atoms with van der Waals surface area (Å²) in [6.45, 7) is 2.19. The van der Waals surface area contributed by atoms with Crippen LogP contribution in [-0.4, -0.2) is 28.0 Å². The van der Waals surface area contributed by atoms with Gasteiger partial charge in [0.15, 0.2) is 5.82 Å². The zero-order valence-electron chi connectivity index (χ0n) is 9.58. The lowest BCUT2D eigenvalue weighted by molar-refractivity contribution is 0.928. The predicted molar refractivity (Wildman–Crippen MR) is 66.7 cm³/mol. The molecule has 2 aromatic rings. The summed E-state index contributed by atoms with van der Waals surface area (Å²) in [5, 5.41) is 0. The number of nitrogens with zero attached hydrogens (tertiary/aromatic N) is 4. The molecule has 0 radical (unpaired) electrons. The van der Waals surface area contributed by atoms with E-state index in [1.54, 1.807) is 6.20 Å². The molecule has 0 aliphatic carbocycles. The molecule has 0 spiro atoms. The average molecular weight is 226 g/mol. The quantitative estimate of drug-likeness (QED) is 0.786. The van der Waals surface area contributed by atoms with Crippen molar-refractivity contribution in [3.63, 3.8) is 0 Å². The largest absolute Gasteiger partial charge is 0.356 e. The highest BCUT2D eigenvalue weighted by Gasteiger charge is 2.14. The first-order valence-electron chi connectivity index (χ1n) is 5.93. The van der Waals surface area contributed by atoms with Gasteiger partial charge in [0.2, 0.25) is 0 Å². The van der Waals surface area contributed by atoms with E-state index in [9.17, 15) is 0 Å². The second-order valence-electron chi connectivity index (χ2n) is 4.15. The van der Waals surface area contributed by atoms with E-state index in [0.29, 0.717) is 5.82 Å². The van der Waals surface area contributed by atoms with E-state index >= 15 is 0 Å². The van der Waals surface area contributed by atoms with Crippen molar-refractivity contribution in [1.82, 2.24) is 15.0 Å². The van der Waals surface area contributed by atoms with Crippen LogP contribution in [0.15, 0.2) is 36.7 Å². The van der Waals surface area contributed by atoms with Gasteiger partial charge in [0, 0.05) is 25.5 Å². The van der Waals surface area contributed by atoms with E-state index < -0.39 is 0 Å². The predicted octanol–water partition coefficient (Wildman–Crippen LogP) is 2.14. The molecular formula is C13H14N4. The van der Waals surface area contributed by atoms with Gasteiger partial charge in [-0.25, -0.2) is 9.97 Å². The highest BCUT2D eigenvalue weighted by molar-refractivity contribution is 5.52. The normalized spacial score (nSPS) is 15.2. The van der Waals surface area contributed by atoms with Crippen molar-refractivity contribution in [2.45, 2.75) is 12.8 Å². The van der Waals surface area contributed by atoms with Gasteiger partial charge < -0.3 is 4.90 Å². The standard InChI is InChI=1S/C13H14N4/c1-2-7-14-11(5-1)13-15-8-6-12(16-13)17-9-3-4-10-17/h1-2,5-8H,3-4,9-10H2. The Morgan fingerprint density at radius 3 is 2.59 bits per heavy atom. The molecule has 3 rings (SSSR count). The van der Waals surface area contributed by atoms with Crippen molar-refractivity contribution < 1.29 is 0 Å². The number of aromatic nitrogens is 3. The van der Waals surface area contributed by atoms with Crippen molar-refractivity contribution in [2.75, 3.05) is 18.0 Å². The Labute approximate surface area is 100 Å². The SMILES string of the molecule is c1ccc(-c2nccc(N3CCCC3)n2)nc1. The van der Waals surface area contributed by atoms with Crippen LogP contribution >= 0.6 is 0 Å². The van der Waals surface area contributed by atoms with E-state index in [4.69, 9.17) is 0 Å². The third kappa shape index (κ3) is 2.11. The van der Waals surface area contributed by atoms with Crippen molar-refractivity contribution in [2.24, 2.45) is 0 Å². The molecule has 2 aromatic heterocycles. The molecule has 0 amide bonds. The zero-order valence-corrected chi connectivity index (χ0v) is 9.58. The molecule has 3 heterocycles. The monoisotopic (exact) mass is 226 g/mol. The van der Waals surface area contributed by atoms with Crippen LogP contribution in [0.1, 0.15) is 12.8 Å². The van der Waals surface area contributed by atoms with Crippen molar-refractivity contribution >= 4 is 5.82 Å². The lowest BCUT2D eigenvalue weighted by Gasteiger charge is -2.16. The summed E-state index contributed by atoms with van der Waals surface area (Å²) in [5.74, 6) is 1.72. The van der Waals surface area contributed by atoms with Crippen LogP contribution < -0.4 is 4.90 Å². The summed E-state index contributed by atoms with van der Waals surface area (Å²) in [6.07, 6.45) is 6.08. The minimum absolute atomic E-state index is 0.704. The van der Waals surface area contributed by atoms with Gasteiger partial charge in [0.05, 0.1) is 0 Å². The molecule has 4 nitrogen and oxygen atoms in total. The Bertz CT molecular complexity index is 492. The Balaban J connectivity index is 1.94. The number of pyridine rings is 1. The summed E-state index contributed by atoms with van der Waals surface area (Å²) in [6, 6.07) is 7.75. The van der Waals surface area contributed by atoms with Crippen LogP contribution in [-0.2, 0) is 0 Å². The molecule has 1 fully saturated rings. The van der Waals surface area contributed by atoms with E-state index in [2.05, 4.69) is 19.9 Å². The highest BCUT2D eigenvalue weighted by Crippen LogP contribution is 2.19. The van der Waals surface area contributed by atoms with Crippen molar-refractivity contribution in [3.05, 3.63) is 36.7 Å². The number of anilines is 1. The molecule has 1 saturated heterocycles. The molecule has 17 heavy (non-hydrogen) atoms. The summed E-state index contributed by atoms with van der Waals surface area (Å²) in [5.41, 5.74) is 0.827. The lowest BCUT2D eigenvalue weighted by atomic mass is 10.3. The number of hydrogen-bond donors (Lipinski definition) is 0. The van der Waals surface area contributed by atoms with Crippen molar-refractivity contribution in [3.8, 4) is 11.5 Å². The molecule has 0 bridgehead atoms. The van der Waals surface area contributed by atoms with Gasteiger partial charge >= 0.3 is 0 Å². The number of hydrogen-bond acceptors (Lipinski definition) is 4. The fourth-order valence-electron chi connectivity index (χ4n) is 2.09. The maximum atomic E-state index is 4.58. The molecular weight excluding hydrogens is 212 g/mol. The summed E-state index contributed by atoms with van der Waals surface area (Å²) in [7, 11) is 0. The van der Waals surface area contributed by atoms with Gasteiger partial charge in [0.25, 0.3) is 0 Å². The second-order valence-corrected chi connectivity index (χ2v) is 4.15. The van der Waals surface area contributed by atoms with Crippen LogP contribution in [0.25, 0.3) is 11.5 Å². The van der Waals surface area contributed by atoms with E-state index in [-0.39, 0.29) is 0 Å². The Hall–Kier alpha value is -1.97. The molecule has 0 N–H and O–H groups in total. The second kappa shape index (κ2) is 4.49. The van der Waals surface area contributed by atoms with Crippen LogP contribution in [0.3, 0.4) is 0 Å². The number of rotatable bonds is 2. The van der Waals surface area contributed by atoms with Crippen LogP contribution in [0, 0.1) is 0 Å². The molecule has 0 saturated carbocycles. The minimum Gasteiger partial charge on any atom is -0.356 e. The van der Waals surface area contributed by atoms with Gasteiger partial charge in [-0.1, -0.05) is 6.07 Å². The molecule has 4 heteroatoms. The minimum atomic E-state index is 0.704. The Kier molecular flexibility index (Phi) is 2.69. The molecule has 0 aromatic carbocycles. The smallest absolute Gasteiger partial charge is 0.180 e. The molecule has 86 valence electrons. The van der Waals surface area contributed by atoms with Gasteiger partial charge in [-0.05, 0) is 31.0 Å². The fraction of sp³-hybridized carbons (Fsp3) is 0.308. The van der Waals surface area contributed by atoms with Crippen LogP contribution in [0.4, 0.5) is 5.82 Å². The molecule has 0 unspecified atom stereocenters. The first kappa shape index (κ1) is 10.2. The van der Waals surface area contributed by atoms with Gasteiger partial charge in [0.1, 0.15) is 11.5 Å². The Morgan fingerprint density at radius 2 is 1.82 bits per heavy atom. The van der Waals surface area contributed by atoms with E-state index in [1.165, 1.54) is 12.8 Å². The summed E-state index contributed by atoms with van der Waals surface area (Å²) >= 11 is 0. The maximum absolute atomic E-state index is 4.58. The average Bonchev–Trinajstić information content (AvgIpc) is 2.94. The topological polar surface area (TPSA) is 41.9 Å². The van der Waals surface area contributed by atoms with E-state index in [1.807, 2.05) is 30.5 Å². The first-order valence-corrected chi connectivity index (χ1v) is 5.93. The van der Waals surface area contributed by atoms with Gasteiger partial charge in [-0.3, -0.25) is 4.98 Å². The Morgan fingerprint density at radius 1 is 0.941 bits per heavy atom. The summed E-state index contributed by atoms with van der Waals surface area (Å²) < 4.78 is 0. The molecule has 1 aliphatic rings. The highest BCUT2D eigenvalue weighted by atomic mass is 15.2. The third-order valence-electron chi connectivity index (χ3n) is 2.96. The zero-order chi connectivity index (χ0) is 11.5. The third-order valence-corrected chi connectivity index (χ3v) is 2.96. The molecule has 0 atom stereocenters. The van der Waals surface area contributed by atoms with Crippen molar-refractivity contribution in [1.29, 1.82) is 0 Å². The van der Waals surface area contributed by atoms with Gasteiger partial charge in [-0.15, -0.1) is 0 Å².